The summed E-state index contributed by atoms with van der Waals surface area (Å²) in [5.74, 6) is -0.373. The third-order valence-electron chi connectivity index (χ3n) is 6.12. The number of aliphatic hydroxyl groups is 1. The molecule has 4 unspecified atom stereocenters. The number of carbonyl (C=O) groups is 1. The number of aliphatic hydroxyl groups excluding tert-OH is 1. The van der Waals surface area contributed by atoms with Gasteiger partial charge in [0.05, 0.1) is 6.10 Å². The topological polar surface area (TPSA) is 111 Å². The Balaban J connectivity index is 1.63. The van der Waals surface area contributed by atoms with Crippen molar-refractivity contribution in [2.24, 2.45) is 0 Å². The van der Waals surface area contributed by atoms with Crippen molar-refractivity contribution in [2.75, 3.05) is 6.61 Å². The Hall–Kier alpha value is -1.45. The van der Waals surface area contributed by atoms with E-state index in [-0.39, 0.29) is 23.8 Å². The van der Waals surface area contributed by atoms with Gasteiger partial charge in [-0.3, -0.25) is 19.1 Å². The summed E-state index contributed by atoms with van der Waals surface area (Å²) < 4.78 is 12.3. The van der Waals surface area contributed by atoms with Gasteiger partial charge in [0, 0.05) is 18.2 Å². The molecule has 1 aromatic rings. The van der Waals surface area contributed by atoms with Crippen LogP contribution in [-0.4, -0.2) is 44.3 Å². The number of hydrogen-bond acceptors (Lipinski definition) is 6. The molecule has 0 aromatic carbocycles. The van der Waals surface area contributed by atoms with Crippen molar-refractivity contribution in [3.05, 3.63) is 32.6 Å². The normalized spacial score (nSPS) is 21.3. The van der Waals surface area contributed by atoms with Gasteiger partial charge in [-0.05, 0) is 13.3 Å². The fourth-order valence-electron chi connectivity index (χ4n) is 4.02. The molecule has 1 aromatic heterocycles. The third kappa shape index (κ3) is 9.37. The number of aryl methyl sites for hydroxylation is 1. The summed E-state index contributed by atoms with van der Waals surface area (Å²) in [6.45, 7) is 3.73. The molecule has 8 nitrogen and oxygen atoms in total. The third-order valence-corrected chi connectivity index (χ3v) is 6.95. The molecule has 1 aliphatic heterocycles. The van der Waals surface area contributed by atoms with E-state index in [0.717, 1.165) is 12.8 Å². The van der Waals surface area contributed by atoms with E-state index < -0.39 is 29.7 Å². The van der Waals surface area contributed by atoms with Crippen LogP contribution in [0.4, 0.5) is 0 Å². The highest BCUT2D eigenvalue weighted by Gasteiger charge is 2.36. The lowest BCUT2D eigenvalue weighted by Crippen LogP contribution is -2.33. The molecule has 1 saturated heterocycles. The number of rotatable bonds is 15. The van der Waals surface area contributed by atoms with Gasteiger partial charge in [-0.1, -0.05) is 87.1 Å². The molecule has 1 aliphatic rings. The lowest BCUT2D eigenvalue weighted by molar-refractivity contribution is -0.149. The van der Waals surface area contributed by atoms with E-state index in [0.29, 0.717) is 12.0 Å². The number of halogens is 1. The molecule has 4 atom stereocenters. The fraction of sp³-hybridized carbons (Fsp3) is 0.792. The molecular formula is C24H39BrN2O6. The SMILES string of the molecule is CCCCCCCCCCCCC(Br)C(=O)OCC1OC(n2cc(C)c(=O)[nH]c2=O)CC1O. The van der Waals surface area contributed by atoms with Gasteiger partial charge in [0.1, 0.15) is 23.8 Å². The van der Waals surface area contributed by atoms with Gasteiger partial charge < -0.3 is 14.6 Å². The number of aromatic nitrogens is 2. The molecule has 2 heterocycles. The maximum Gasteiger partial charge on any atom is 0.330 e. The lowest BCUT2D eigenvalue weighted by Gasteiger charge is -2.17. The number of nitrogens with zero attached hydrogens (tertiary/aromatic N) is 1. The predicted octanol–water partition coefficient (Wildman–Crippen LogP) is 4.11. The van der Waals surface area contributed by atoms with Crippen LogP contribution in [0, 0.1) is 6.92 Å². The quantitative estimate of drug-likeness (QED) is 0.200. The van der Waals surface area contributed by atoms with E-state index in [1.165, 1.54) is 62.1 Å². The number of carbonyl (C=O) groups excluding carboxylic acids is 1. The van der Waals surface area contributed by atoms with Crippen LogP contribution in [0.2, 0.25) is 0 Å². The Morgan fingerprint density at radius 2 is 1.79 bits per heavy atom. The first-order valence-corrected chi connectivity index (χ1v) is 13.2. The van der Waals surface area contributed by atoms with E-state index in [1.807, 2.05) is 0 Å². The zero-order valence-electron chi connectivity index (χ0n) is 19.9. The number of unbranched alkanes of at least 4 members (excludes halogenated alkanes) is 9. The average Bonchev–Trinajstić information content (AvgIpc) is 3.15. The Kier molecular flexibility index (Phi) is 12.4. The molecule has 2 N–H and O–H groups in total. The Morgan fingerprint density at radius 1 is 1.18 bits per heavy atom. The number of aromatic amines is 1. The molecule has 2 rings (SSSR count). The molecule has 0 bridgehead atoms. The first-order valence-electron chi connectivity index (χ1n) is 12.3. The summed E-state index contributed by atoms with van der Waals surface area (Å²) in [5.41, 5.74) is -0.680. The molecule has 1 fully saturated rings. The van der Waals surface area contributed by atoms with Crippen LogP contribution in [0.1, 0.15) is 95.8 Å². The average molecular weight is 531 g/mol. The highest BCUT2D eigenvalue weighted by Crippen LogP contribution is 2.28. The van der Waals surface area contributed by atoms with Crippen LogP contribution in [0.15, 0.2) is 15.8 Å². The summed E-state index contributed by atoms with van der Waals surface area (Å²) in [6, 6.07) is 0. The van der Waals surface area contributed by atoms with Crippen molar-refractivity contribution in [3.8, 4) is 0 Å². The maximum absolute atomic E-state index is 12.3. The van der Waals surface area contributed by atoms with Gasteiger partial charge in [-0.2, -0.15) is 0 Å². The van der Waals surface area contributed by atoms with E-state index in [4.69, 9.17) is 9.47 Å². The van der Waals surface area contributed by atoms with Gasteiger partial charge in [-0.15, -0.1) is 0 Å². The zero-order chi connectivity index (χ0) is 24.2. The van der Waals surface area contributed by atoms with Crippen LogP contribution in [0.5, 0.6) is 0 Å². The van der Waals surface area contributed by atoms with Gasteiger partial charge in [0.25, 0.3) is 5.56 Å². The number of esters is 1. The van der Waals surface area contributed by atoms with Crippen molar-refractivity contribution in [2.45, 2.75) is 114 Å². The molecule has 0 radical (unpaired) electrons. The second-order valence-corrected chi connectivity index (χ2v) is 10.1. The highest BCUT2D eigenvalue weighted by atomic mass is 79.9. The van der Waals surface area contributed by atoms with Crippen LogP contribution in [0.3, 0.4) is 0 Å². The molecule has 0 spiro atoms. The lowest BCUT2D eigenvalue weighted by atomic mass is 10.1. The summed E-state index contributed by atoms with van der Waals surface area (Å²) >= 11 is 3.40. The van der Waals surface area contributed by atoms with E-state index in [9.17, 15) is 19.5 Å². The van der Waals surface area contributed by atoms with E-state index in [2.05, 4.69) is 27.8 Å². The molecule has 0 amide bonds. The number of hydrogen-bond donors (Lipinski definition) is 2. The van der Waals surface area contributed by atoms with E-state index >= 15 is 0 Å². The van der Waals surface area contributed by atoms with Crippen molar-refractivity contribution < 1.29 is 19.4 Å². The highest BCUT2D eigenvalue weighted by molar-refractivity contribution is 9.10. The predicted molar refractivity (Wildman–Crippen MR) is 131 cm³/mol. The minimum absolute atomic E-state index is 0.0896. The minimum Gasteiger partial charge on any atom is -0.462 e. The van der Waals surface area contributed by atoms with Crippen molar-refractivity contribution in [1.82, 2.24) is 9.55 Å². The van der Waals surface area contributed by atoms with Crippen LogP contribution in [-0.2, 0) is 14.3 Å². The molecule has 0 aliphatic carbocycles. The zero-order valence-corrected chi connectivity index (χ0v) is 21.5. The van der Waals surface area contributed by atoms with Gasteiger partial charge in [-0.25, -0.2) is 4.79 Å². The van der Waals surface area contributed by atoms with Crippen LogP contribution in [0.25, 0.3) is 0 Å². The van der Waals surface area contributed by atoms with Crippen molar-refractivity contribution >= 4 is 21.9 Å². The number of alkyl halides is 1. The number of H-pyrrole nitrogens is 1. The Morgan fingerprint density at radius 3 is 2.42 bits per heavy atom. The number of ether oxygens (including phenoxy) is 2. The second-order valence-electron chi connectivity index (χ2n) is 8.98. The standard InChI is InChI=1S/C24H39BrN2O6/c1-3-4-5-6-7-8-9-10-11-12-13-18(25)23(30)32-16-20-19(28)14-21(33-20)27-15-17(2)22(29)26-24(27)31/h15,18-21,28H,3-14,16H2,1-2H3,(H,26,29,31). The minimum atomic E-state index is -0.877. The van der Waals surface area contributed by atoms with Gasteiger partial charge >= 0.3 is 11.7 Å². The Bertz CT molecular complexity index is 839. The smallest absolute Gasteiger partial charge is 0.330 e. The molecule has 9 heteroatoms. The molecular weight excluding hydrogens is 492 g/mol. The largest absolute Gasteiger partial charge is 0.462 e. The van der Waals surface area contributed by atoms with Crippen molar-refractivity contribution in [3.63, 3.8) is 0 Å². The first kappa shape index (κ1) is 27.8. The first-order chi connectivity index (χ1) is 15.8. The molecule has 188 valence electrons. The number of nitrogens with one attached hydrogen (secondary N) is 1. The summed E-state index contributed by atoms with van der Waals surface area (Å²) in [7, 11) is 0. The van der Waals surface area contributed by atoms with E-state index in [1.54, 1.807) is 6.92 Å². The molecule has 0 saturated carbocycles. The summed E-state index contributed by atoms with van der Waals surface area (Å²) in [6.07, 6.45) is 12.4. The maximum atomic E-state index is 12.3. The summed E-state index contributed by atoms with van der Waals surface area (Å²) in [5, 5.41) is 10.3. The monoisotopic (exact) mass is 530 g/mol. The van der Waals surface area contributed by atoms with Crippen LogP contribution < -0.4 is 11.2 Å². The van der Waals surface area contributed by atoms with Gasteiger partial charge in [0.2, 0.25) is 0 Å². The Labute approximate surface area is 204 Å². The van der Waals surface area contributed by atoms with Crippen LogP contribution >= 0.6 is 15.9 Å². The van der Waals surface area contributed by atoms with Gasteiger partial charge in [0.15, 0.2) is 0 Å². The fourth-order valence-corrected chi connectivity index (χ4v) is 4.48. The molecule has 33 heavy (non-hydrogen) atoms. The summed E-state index contributed by atoms with van der Waals surface area (Å²) in [4.78, 5) is 37.7. The van der Waals surface area contributed by atoms with Crippen molar-refractivity contribution in [1.29, 1.82) is 0 Å². The second kappa shape index (κ2) is 14.7.